The number of halogens is 1. The summed E-state index contributed by atoms with van der Waals surface area (Å²) in [4.78, 5) is 13.9. The molecule has 0 unspecified atom stereocenters. The molecule has 18 heavy (non-hydrogen) atoms. The summed E-state index contributed by atoms with van der Waals surface area (Å²) in [5.41, 5.74) is 1.01. The van der Waals surface area contributed by atoms with Gasteiger partial charge in [0.15, 0.2) is 0 Å². The summed E-state index contributed by atoms with van der Waals surface area (Å²) in [6.07, 6.45) is 2.27. The zero-order chi connectivity index (χ0) is 12.1. The molecule has 0 atom stereocenters. The highest BCUT2D eigenvalue weighted by Crippen LogP contribution is 2.16. The Labute approximate surface area is 115 Å². The van der Waals surface area contributed by atoms with Crippen LogP contribution < -0.4 is 5.32 Å². The predicted molar refractivity (Wildman–Crippen MR) is 77.2 cm³/mol. The molecule has 1 aliphatic rings. The molecular weight excluding hydrogens is 248 g/mol. The van der Waals surface area contributed by atoms with E-state index in [1.54, 1.807) is 0 Å². The first-order valence-corrected chi connectivity index (χ1v) is 6.32. The average molecular weight is 269 g/mol. The van der Waals surface area contributed by atoms with E-state index >= 15 is 0 Å². The third kappa shape index (κ3) is 4.22. The molecule has 1 fully saturated rings. The number of hydrogen-bond donors (Lipinski definition) is 1. The standard InChI is InChI=1S/C14H20N2O.ClH/c1-12-7-9-16(10-8-12)14(17)11-15-13-5-3-2-4-6-13;/h2-6,12,15H,7-11H2,1H3;1H. The predicted octanol–water partition coefficient (Wildman–Crippen LogP) is 2.78. The Morgan fingerprint density at radius 3 is 2.50 bits per heavy atom. The van der Waals surface area contributed by atoms with E-state index in [0.29, 0.717) is 6.54 Å². The SMILES string of the molecule is CC1CCN(C(=O)CNc2ccccc2)CC1.Cl. The molecule has 0 spiro atoms. The lowest BCUT2D eigenvalue weighted by molar-refractivity contribution is -0.130. The number of likely N-dealkylation sites (tertiary alicyclic amines) is 1. The van der Waals surface area contributed by atoms with Gasteiger partial charge in [-0.3, -0.25) is 4.79 Å². The molecule has 100 valence electrons. The molecule has 4 heteroatoms. The number of anilines is 1. The van der Waals surface area contributed by atoms with Crippen LogP contribution in [0.25, 0.3) is 0 Å². The number of piperidine rings is 1. The van der Waals surface area contributed by atoms with Gasteiger partial charge in [-0.15, -0.1) is 12.4 Å². The minimum absolute atomic E-state index is 0. The van der Waals surface area contributed by atoms with E-state index < -0.39 is 0 Å². The highest BCUT2D eigenvalue weighted by atomic mass is 35.5. The van der Waals surface area contributed by atoms with Crippen molar-refractivity contribution in [2.24, 2.45) is 5.92 Å². The van der Waals surface area contributed by atoms with Crippen molar-refractivity contribution in [2.45, 2.75) is 19.8 Å². The Hall–Kier alpha value is -1.22. The van der Waals surface area contributed by atoms with E-state index in [0.717, 1.165) is 37.5 Å². The minimum Gasteiger partial charge on any atom is -0.376 e. The number of nitrogens with zero attached hydrogens (tertiary/aromatic N) is 1. The van der Waals surface area contributed by atoms with Gasteiger partial charge in [-0.2, -0.15) is 0 Å². The van der Waals surface area contributed by atoms with Gasteiger partial charge in [-0.1, -0.05) is 25.1 Å². The first-order valence-electron chi connectivity index (χ1n) is 6.32. The number of nitrogens with one attached hydrogen (secondary N) is 1. The Morgan fingerprint density at radius 1 is 1.28 bits per heavy atom. The maximum Gasteiger partial charge on any atom is 0.241 e. The number of rotatable bonds is 3. The molecule has 0 aromatic heterocycles. The van der Waals surface area contributed by atoms with E-state index in [1.165, 1.54) is 0 Å². The van der Waals surface area contributed by atoms with Crippen LogP contribution in [-0.2, 0) is 4.79 Å². The van der Waals surface area contributed by atoms with Gasteiger partial charge in [0.1, 0.15) is 0 Å². The fourth-order valence-corrected chi connectivity index (χ4v) is 2.10. The van der Waals surface area contributed by atoms with Crippen molar-refractivity contribution in [3.63, 3.8) is 0 Å². The Kier molecular flexibility index (Phi) is 5.99. The van der Waals surface area contributed by atoms with Crippen LogP contribution in [0, 0.1) is 5.92 Å². The van der Waals surface area contributed by atoms with Crippen molar-refractivity contribution in [1.82, 2.24) is 4.90 Å². The van der Waals surface area contributed by atoms with Crippen LogP contribution in [0.15, 0.2) is 30.3 Å². The van der Waals surface area contributed by atoms with Gasteiger partial charge in [0, 0.05) is 18.8 Å². The summed E-state index contributed by atoms with van der Waals surface area (Å²) < 4.78 is 0. The summed E-state index contributed by atoms with van der Waals surface area (Å²) in [5.74, 6) is 0.974. The molecule has 0 bridgehead atoms. The maximum atomic E-state index is 11.9. The number of carbonyl (C=O) groups excluding carboxylic acids is 1. The van der Waals surface area contributed by atoms with Crippen LogP contribution in [-0.4, -0.2) is 30.4 Å². The maximum absolute atomic E-state index is 11.9. The van der Waals surface area contributed by atoms with Crippen LogP contribution in [0.2, 0.25) is 0 Å². The quantitative estimate of drug-likeness (QED) is 0.914. The second-order valence-corrected chi connectivity index (χ2v) is 4.78. The van der Waals surface area contributed by atoms with Crippen molar-refractivity contribution in [3.05, 3.63) is 30.3 Å². The summed E-state index contributed by atoms with van der Waals surface area (Å²) in [6, 6.07) is 9.86. The monoisotopic (exact) mass is 268 g/mol. The smallest absolute Gasteiger partial charge is 0.241 e. The molecule has 0 radical (unpaired) electrons. The number of amides is 1. The van der Waals surface area contributed by atoms with Crippen molar-refractivity contribution >= 4 is 24.0 Å². The Morgan fingerprint density at radius 2 is 1.89 bits per heavy atom. The van der Waals surface area contributed by atoms with Crippen LogP contribution in [0.5, 0.6) is 0 Å². The summed E-state index contributed by atoms with van der Waals surface area (Å²) in [5, 5.41) is 3.16. The molecule has 1 N–H and O–H groups in total. The molecule has 1 saturated heterocycles. The Balaban J connectivity index is 0.00000162. The summed E-state index contributed by atoms with van der Waals surface area (Å²) >= 11 is 0. The molecule has 1 heterocycles. The third-order valence-electron chi connectivity index (χ3n) is 3.35. The van der Waals surface area contributed by atoms with Crippen molar-refractivity contribution in [2.75, 3.05) is 25.0 Å². The van der Waals surface area contributed by atoms with Gasteiger partial charge in [0.25, 0.3) is 0 Å². The molecule has 1 aromatic rings. The van der Waals surface area contributed by atoms with Gasteiger partial charge in [0.2, 0.25) is 5.91 Å². The topological polar surface area (TPSA) is 32.3 Å². The summed E-state index contributed by atoms with van der Waals surface area (Å²) in [6.45, 7) is 4.48. The number of hydrogen-bond acceptors (Lipinski definition) is 2. The lowest BCUT2D eigenvalue weighted by atomic mass is 9.99. The lowest BCUT2D eigenvalue weighted by Crippen LogP contribution is -2.40. The van der Waals surface area contributed by atoms with Crippen molar-refractivity contribution in [3.8, 4) is 0 Å². The molecule has 2 rings (SSSR count). The van der Waals surface area contributed by atoms with E-state index in [2.05, 4.69) is 12.2 Å². The van der Waals surface area contributed by atoms with Crippen LogP contribution in [0.1, 0.15) is 19.8 Å². The largest absolute Gasteiger partial charge is 0.376 e. The van der Waals surface area contributed by atoms with E-state index in [-0.39, 0.29) is 18.3 Å². The molecule has 0 saturated carbocycles. The van der Waals surface area contributed by atoms with E-state index in [1.807, 2.05) is 35.2 Å². The zero-order valence-electron chi connectivity index (χ0n) is 10.8. The first kappa shape index (κ1) is 14.8. The number of carbonyl (C=O) groups is 1. The second-order valence-electron chi connectivity index (χ2n) is 4.78. The molecule has 1 aliphatic heterocycles. The van der Waals surface area contributed by atoms with Crippen LogP contribution in [0.3, 0.4) is 0 Å². The van der Waals surface area contributed by atoms with Gasteiger partial charge < -0.3 is 10.2 Å². The van der Waals surface area contributed by atoms with Crippen LogP contribution >= 0.6 is 12.4 Å². The van der Waals surface area contributed by atoms with Gasteiger partial charge in [-0.05, 0) is 30.9 Å². The van der Waals surface area contributed by atoms with Crippen molar-refractivity contribution in [1.29, 1.82) is 0 Å². The van der Waals surface area contributed by atoms with E-state index in [4.69, 9.17) is 0 Å². The minimum atomic E-state index is 0. The van der Waals surface area contributed by atoms with Crippen molar-refractivity contribution < 1.29 is 4.79 Å². The first-order chi connectivity index (χ1) is 8.25. The second kappa shape index (κ2) is 7.27. The zero-order valence-corrected chi connectivity index (χ0v) is 11.6. The molecule has 1 amide bonds. The molecular formula is C14H21ClN2O. The fourth-order valence-electron chi connectivity index (χ4n) is 2.10. The van der Waals surface area contributed by atoms with Crippen LogP contribution in [0.4, 0.5) is 5.69 Å². The normalized spacial score (nSPS) is 15.9. The Bertz CT molecular complexity index is 361. The summed E-state index contributed by atoms with van der Waals surface area (Å²) in [7, 11) is 0. The number of para-hydroxylation sites is 1. The van der Waals surface area contributed by atoms with E-state index in [9.17, 15) is 4.79 Å². The number of benzene rings is 1. The molecule has 1 aromatic carbocycles. The average Bonchev–Trinajstić information content (AvgIpc) is 2.38. The fraction of sp³-hybridized carbons (Fsp3) is 0.500. The lowest BCUT2D eigenvalue weighted by Gasteiger charge is -2.30. The van der Waals surface area contributed by atoms with Gasteiger partial charge in [-0.25, -0.2) is 0 Å². The molecule has 0 aliphatic carbocycles. The molecule has 3 nitrogen and oxygen atoms in total. The third-order valence-corrected chi connectivity index (χ3v) is 3.35. The highest BCUT2D eigenvalue weighted by Gasteiger charge is 2.19. The highest BCUT2D eigenvalue weighted by molar-refractivity contribution is 5.85. The van der Waals surface area contributed by atoms with Gasteiger partial charge in [0.05, 0.1) is 6.54 Å². The van der Waals surface area contributed by atoms with Gasteiger partial charge >= 0.3 is 0 Å².